The number of hydrogen-bond donors (Lipinski definition) is 1. The van der Waals surface area contributed by atoms with Gasteiger partial charge in [0.2, 0.25) is 0 Å². The van der Waals surface area contributed by atoms with Gasteiger partial charge >= 0.3 is 0 Å². The van der Waals surface area contributed by atoms with Gasteiger partial charge in [0.1, 0.15) is 0 Å². The zero-order valence-electron chi connectivity index (χ0n) is 13.0. The number of hydrogen-bond acceptors (Lipinski definition) is 3. The van der Waals surface area contributed by atoms with Crippen molar-refractivity contribution in [3.63, 3.8) is 0 Å². The molecule has 3 nitrogen and oxygen atoms in total. The Morgan fingerprint density at radius 2 is 2.05 bits per heavy atom. The Hall–Kier alpha value is -1.09. The fraction of sp³-hybridized carbons (Fsp3) is 0.706. The highest BCUT2D eigenvalue weighted by molar-refractivity contribution is 5.55. The van der Waals surface area contributed by atoms with Crippen LogP contribution in [0.5, 0.6) is 0 Å². The van der Waals surface area contributed by atoms with Gasteiger partial charge in [-0.1, -0.05) is 13.8 Å². The lowest BCUT2D eigenvalue weighted by Crippen LogP contribution is -2.31. The Labute approximate surface area is 122 Å². The molecular weight excluding hydrogens is 246 g/mol. The number of nitrogens with one attached hydrogen (secondary N) is 1. The van der Waals surface area contributed by atoms with Crippen LogP contribution in [0.3, 0.4) is 0 Å². The minimum atomic E-state index is 0.702. The van der Waals surface area contributed by atoms with E-state index in [1.807, 2.05) is 0 Å². The fourth-order valence-corrected chi connectivity index (χ4v) is 2.74. The van der Waals surface area contributed by atoms with E-state index in [2.05, 4.69) is 48.2 Å². The van der Waals surface area contributed by atoms with Gasteiger partial charge in [-0.3, -0.25) is 4.98 Å². The summed E-state index contributed by atoms with van der Waals surface area (Å²) in [7, 11) is 0. The first kappa shape index (κ1) is 13.9. The molecule has 2 aliphatic carbocycles. The van der Waals surface area contributed by atoms with E-state index < -0.39 is 0 Å². The van der Waals surface area contributed by atoms with E-state index in [0.717, 1.165) is 30.9 Å². The second-order valence-electron chi connectivity index (χ2n) is 6.89. The molecule has 0 aliphatic heterocycles. The molecule has 1 heterocycles. The smallest absolute Gasteiger partial charge is 0.0448 e. The predicted molar refractivity (Wildman–Crippen MR) is 84.0 cm³/mol. The van der Waals surface area contributed by atoms with Crippen molar-refractivity contribution in [2.24, 2.45) is 5.92 Å². The zero-order chi connectivity index (χ0) is 14.1. The van der Waals surface area contributed by atoms with Crippen LogP contribution in [0.25, 0.3) is 0 Å². The summed E-state index contributed by atoms with van der Waals surface area (Å²) in [4.78, 5) is 7.14. The molecule has 20 heavy (non-hydrogen) atoms. The van der Waals surface area contributed by atoms with Crippen molar-refractivity contribution in [1.29, 1.82) is 0 Å². The van der Waals surface area contributed by atoms with Crippen LogP contribution < -0.4 is 10.2 Å². The van der Waals surface area contributed by atoms with E-state index in [0.29, 0.717) is 5.92 Å². The second-order valence-corrected chi connectivity index (χ2v) is 6.89. The lowest BCUT2D eigenvalue weighted by Gasteiger charge is -2.29. The molecule has 0 unspecified atom stereocenters. The first-order valence-electron chi connectivity index (χ1n) is 8.09. The molecule has 0 bridgehead atoms. The van der Waals surface area contributed by atoms with Gasteiger partial charge in [0, 0.05) is 48.3 Å². The molecule has 1 aromatic heterocycles. The molecule has 0 amide bonds. The topological polar surface area (TPSA) is 28.2 Å². The molecular formula is C17H27N3. The molecule has 3 heteroatoms. The Balaban J connectivity index is 1.81. The highest BCUT2D eigenvalue weighted by atomic mass is 15.2. The van der Waals surface area contributed by atoms with Gasteiger partial charge in [-0.2, -0.15) is 0 Å². The Bertz CT molecular complexity index is 461. The van der Waals surface area contributed by atoms with Gasteiger partial charge in [0.15, 0.2) is 0 Å². The minimum Gasteiger partial charge on any atom is -0.368 e. The molecule has 2 aliphatic rings. The standard InChI is InChI=1S/C17H27N3/c1-12(2)11-20(16-6-7-16)17-8-13(3)18-9-14(17)10-19-15-4-5-15/h8-9,12,15-16,19H,4-7,10-11H2,1-3H3. The maximum atomic E-state index is 4.51. The third kappa shape index (κ3) is 3.51. The van der Waals surface area contributed by atoms with Crippen molar-refractivity contribution in [1.82, 2.24) is 10.3 Å². The fourth-order valence-electron chi connectivity index (χ4n) is 2.74. The first-order chi connectivity index (χ1) is 9.63. The molecule has 110 valence electrons. The average Bonchev–Trinajstić information content (AvgIpc) is 3.27. The van der Waals surface area contributed by atoms with E-state index in [1.54, 1.807) is 0 Å². The van der Waals surface area contributed by atoms with Crippen LogP contribution in [0.15, 0.2) is 12.3 Å². The third-order valence-corrected chi connectivity index (χ3v) is 4.12. The van der Waals surface area contributed by atoms with E-state index in [1.165, 1.54) is 36.9 Å². The summed E-state index contributed by atoms with van der Waals surface area (Å²) in [6.07, 6.45) is 7.46. The van der Waals surface area contributed by atoms with Crippen molar-refractivity contribution >= 4 is 5.69 Å². The molecule has 3 rings (SSSR count). The van der Waals surface area contributed by atoms with Crippen molar-refractivity contribution in [3.8, 4) is 0 Å². The zero-order valence-corrected chi connectivity index (χ0v) is 13.0. The molecule has 2 saturated carbocycles. The van der Waals surface area contributed by atoms with Crippen molar-refractivity contribution in [2.45, 2.75) is 65.1 Å². The molecule has 0 spiro atoms. The number of aryl methyl sites for hydroxylation is 1. The highest BCUT2D eigenvalue weighted by Gasteiger charge is 2.31. The van der Waals surface area contributed by atoms with Crippen molar-refractivity contribution in [3.05, 3.63) is 23.5 Å². The Morgan fingerprint density at radius 1 is 1.30 bits per heavy atom. The van der Waals surface area contributed by atoms with E-state index in [4.69, 9.17) is 0 Å². The molecule has 0 aromatic carbocycles. The third-order valence-electron chi connectivity index (χ3n) is 4.12. The minimum absolute atomic E-state index is 0.702. The van der Waals surface area contributed by atoms with Crippen molar-refractivity contribution in [2.75, 3.05) is 11.4 Å². The summed E-state index contributed by atoms with van der Waals surface area (Å²) in [6.45, 7) is 8.85. The van der Waals surface area contributed by atoms with E-state index in [-0.39, 0.29) is 0 Å². The first-order valence-corrected chi connectivity index (χ1v) is 8.09. The maximum Gasteiger partial charge on any atom is 0.0448 e. The molecule has 1 aromatic rings. The Kier molecular flexibility index (Phi) is 3.97. The summed E-state index contributed by atoms with van der Waals surface area (Å²) in [5.41, 5.74) is 3.92. The summed E-state index contributed by atoms with van der Waals surface area (Å²) in [5, 5.41) is 3.63. The van der Waals surface area contributed by atoms with Gasteiger partial charge in [0.25, 0.3) is 0 Å². The SMILES string of the molecule is Cc1cc(N(CC(C)C)C2CC2)c(CNC2CC2)cn1. The van der Waals surface area contributed by atoms with Gasteiger partial charge in [-0.05, 0) is 44.6 Å². The number of nitrogens with zero attached hydrogens (tertiary/aromatic N) is 2. The van der Waals surface area contributed by atoms with Crippen LogP contribution in [0, 0.1) is 12.8 Å². The number of rotatable bonds is 7. The summed E-state index contributed by atoms with van der Waals surface area (Å²) < 4.78 is 0. The number of anilines is 1. The highest BCUT2D eigenvalue weighted by Crippen LogP contribution is 2.34. The lowest BCUT2D eigenvalue weighted by molar-refractivity contribution is 0.602. The molecule has 0 radical (unpaired) electrons. The predicted octanol–water partition coefficient (Wildman–Crippen LogP) is 3.27. The van der Waals surface area contributed by atoms with Crippen LogP contribution in [-0.4, -0.2) is 23.6 Å². The molecule has 0 atom stereocenters. The number of pyridine rings is 1. The number of aromatic nitrogens is 1. The monoisotopic (exact) mass is 273 g/mol. The van der Waals surface area contributed by atoms with Gasteiger partial charge in [0.05, 0.1) is 0 Å². The van der Waals surface area contributed by atoms with Gasteiger partial charge < -0.3 is 10.2 Å². The second kappa shape index (κ2) is 5.72. The Morgan fingerprint density at radius 3 is 2.65 bits per heavy atom. The molecule has 0 saturated heterocycles. The molecule has 2 fully saturated rings. The summed E-state index contributed by atoms with van der Waals surface area (Å²) in [6, 6.07) is 3.80. The van der Waals surface area contributed by atoms with E-state index in [9.17, 15) is 0 Å². The van der Waals surface area contributed by atoms with Crippen LogP contribution in [0.1, 0.15) is 50.8 Å². The van der Waals surface area contributed by atoms with Crippen LogP contribution >= 0.6 is 0 Å². The summed E-state index contributed by atoms with van der Waals surface area (Å²) >= 11 is 0. The maximum absolute atomic E-state index is 4.51. The van der Waals surface area contributed by atoms with Crippen molar-refractivity contribution < 1.29 is 0 Å². The van der Waals surface area contributed by atoms with Gasteiger partial charge in [-0.25, -0.2) is 0 Å². The largest absolute Gasteiger partial charge is 0.368 e. The lowest BCUT2D eigenvalue weighted by atomic mass is 10.1. The normalized spacial score (nSPS) is 18.6. The van der Waals surface area contributed by atoms with Gasteiger partial charge in [-0.15, -0.1) is 0 Å². The average molecular weight is 273 g/mol. The summed E-state index contributed by atoms with van der Waals surface area (Å²) in [5.74, 6) is 0.702. The van der Waals surface area contributed by atoms with Crippen LogP contribution in [-0.2, 0) is 6.54 Å². The molecule has 1 N–H and O–H groups in total. The van der Waals surface area contributed by atoms with E-state index >= 15 is 0 Å². The quantitative estimate of drug-likeness (QED) is 0.826. The van der Waals surface area contributed by atoms with Crippen LogP contribution in [0.2, 0.25) is 0 Å². The van der Waals surface area contributed by atoms with Crippen LogP contribution in [0.4, 0.5) is 5.69 Å².